The van der Waals surface area contributed by atoms with Gasteiger partial charge in [0, 0.05) is 25.3 Å². The van der Waals surface area contributed by atoms with E-state index in [1.807, 2.05) is 0 Å². The van der Waals surface area contributed by atoms with Crippen molar-refractivity contribution in [3.8, 4) is 5.75 Å². The van der Waals surface area contributed by atoms with Crippen LogP contribution in [0.25, 0.3) is 11.9 Å². The molecule has 2 aromatic rings. The fraction of sp³-hybridized carbons (Fsp3) is 0.350. The Morgan fingerprint density at radius 3 is 2.68 bits per heavy atom. The van der Waals surface area contributed by atoms with Crippen molar-refractivity contribution in [2.75, 3.05) is 6.54 Å². The quantitative estimate of drug-likeness (QED) is 0.347. The molecule has 5 nitrogen and oxygen atoms in total. The standard InChI is InChI=1S/C20H17ClF4N2O3S/c21-19-13(2-1-3-18(19)30-31(28,29)20(23,24)25)8-16(22)17-9-12-6-7-27(15-4-5-15)11-14(12)10-26-17/h1-3,8-10,15H,4-7,11H2/b16-8-. The molecule has 1 aromatic carbocycles. The molecule has 11 heteroatoms. The number of alkyl halides is 3. The van der Waals surface area contributed by atoms with Gasteiger partial charge in [-0.05, 0) is 54.2 Å². The monoisotopic (exact) mass is 476 g/mol. The van der Waals surface area contributed by atoms with Gasteiger partial charge in [-0.2, -0.15) is 21.6 Å². The summed E-state index contributed by atoms with van der Waals surface area (Å²) in [6.45, 7) is 1.67. The highest BCUT2D eigenvalue weighted by Crippen LogP contribution is 2.36. The van der Waals surface area contributed by atoms with Gasteiger partial charge in [-0.1, -0.05) is 23.7 Å². The first-order chi connectivity index (χ1) is 14.5. The number of fused-ring (bicyclic) bond motifs is 1. The zero-order valence-electron chi connectivity index (χ0n) is 16.0. The average molecular weight is 477 g/mol. The molecule has 0 amide bonds. The van der Waals surface area contributed by atoms with Crippen molar-refractivity contribution in [1.82, 2.24) is 9.88 Å². The molecule has 2 heterocycles. The Kier molecular flexibility index (Phi) is 5.74. The minimum absolute atomic E-state index is 0.0477. The Labute approximate surface area is 181 Å². The van der Waals surface area contributed by atoms with E-state index in [-0.39, 0.29) is 11.3 Å². The number of hydrogen-bond acceptors (Lipinski definition) is 5. The topological polar surface area (TPSA) is 59.5 Å². The summed E-state index contributed by atoms with van der Waals surface area (Å²) in [5, 5.41) is -0.469. The van der Waals surface area contributed by atoms with E-state index in [0.717, 1.165) is 42.8 Å². The van der Waals surface area contributed by atoms with Crippen LogP contribution in [-0.2, 0) is 23.1 Å². The van der Waals surface area contributed by atoms with Crippen molar-refractivity contribution < 1.29 is 30.2 Å². The predicted octanol–water partition coefficient (Wildman–Crippen LogP) is 4.95. The maximum Gasteiger partial charge on any atom is 0.534 e. The van der Waals surface area contributed by atoms with Crippen molar-refractivity contribution in [3.63, 3.8) is 0 Å². The maximum atomic E-state index is 14.8. The zero-order valence-corrected chi connectivity index (χ0v) is 17.6. The van der Waals surface area contributed by atoms with Crippen molar-refractivity contribution >= 4 is 33.6 Å². The van der Waals surface area contributed by atoms with Crippen LogP contribution in [0.4, 0.5) is 17.6 Å². The van der Waals surface area contributed by atoms with Gasteiger partial charge in [0.25, 0.3) is 0 Å². The highest BCUT2D eigenvalue weighted by atomic mass is 35.5. The molecule has 1 fully saturated rings. The second kappa shape index (κ2) is 8.07. The second-order valence-corrected chi connectivity index (χ2v) is 9.34. The van der Waals surface area contributed by atoms with Gasteiger partial charge in [-0.25, -0.2) is 4.39 Å². The number of halogens is 5. The number of rotatable bonds is 5. The van der Waals surface area contributed by atoms with Crippen molar-refractivity contribution in [3.05, 3.63) is 57.9 Å². The van der Waals surface area contributed by atoms with Gasteiger partial charge in [-0.3, -0.25) is 9.88 Å². The first-order valence-electron chi connectivity index (χ1n) is 9.44. The van der Waals surface area contributed by atoms with Crippen LogP contribution >= 0.6 is 11.6 Å². The van der Waals surface area contributed by atoms with E-state index >= 15 is 0 Å². The summed E-state index contributed by atoms with van der Waals surface area (Å²) in [5.41, 5.74) is -3.57. The van der Waals surface area contributed by atoms with Crippen LogP contribution in [0.5, 0.6) is 5.75 Å². The van der Waals surface area contributed by atoms with Crippen molar-refractivity contribution in [2.45, 2.75) is 37.4 Å². The van der Waals surface area contributed by atoms with Gasteiger partial charge >= 0.3 is 15.6 Å². The summed E-state index contributed by atoms with van der Waals surface area (Å²) in [6.07, 6.45) is 5.78. The average Bonchev–Trinajstić information content (AvgIpc) is 3.54. The Bertz CT molecular complexity index is 1150. The Hall–Kier alpha value is -2.17. The molecule has 1 aliphatic carbocycles. The van der Waals surface area contributed by atoms with Crippen molar-refractivity contribution in [1.29, 1.82) is 0 Å². The first kappa shape index (κ1) is 22.0. The van der Waals surface area contributed by atoms with Gasteiger partial charge in [-0.15, -0.1) is 0 Å². The van der Waals surface area contributed by atoms with Gasteiger partial charge in [0.15, 0.2) is 5.75 Å². The molecule has 4 rings (SSSR count). The van der Waals surface area contributed by atoms with E-state index in [4.69, 9.17) is 11.6 Å². The fourth-order valence-corrected chi connectivity index (χ4v) is 4.16. The summed E-state index contributed by atoms with van der Waals surface area (Å²) in [4.78, 5) is 6.54. The van der Waals surface area contributed by atoms with Gasteiger partial charge in [0.1, 0.15) is 5.83 Å². The molecule has 0 spiro atoms. The van der Waals surface area contributed by atoms with Crippen LogP contribution in [0.2, 0.25) is 5.02 Å². The molecule has 1 saturated carbocycles. The van der Waals surface area contributed by atoms with E-state index in [0.29, 0.717) is 6.04 Å². The van der Waals surface area contributed by atoms with Crippen LogP contribution in [-0.4, -0.2) is 36.4 Å². The molecular formula is C20H17ClF4N2O3S. The van der Waals surface area contributed by atoms with E-state index < -0.39 is 32.2 Å². The number of benzene rings is 1. The number of hydrogen-bond donors (Lipinski definition) is 0. The molecule has 1 aliphatic heterocycles. The molecule has 0 unspecified atom stereocenters. The summed E-state index contributed by atoms with van der Waals surface area (Å²) in [6, 6.07) is 5.75. The molecule has 0 bridgehead atoms. The Morgan fingerprint density at radius 1 is 1.26 bits per heavy atom. The lowest BCUT2D eigenvalue weighted by atomic mass is 10.0. The SMILES string of the molecule is O=S(=O)(Oc1cccc(/C=C(\F)c2cc3c(cn2)CN(C2CC2)CC3)c1Cl)C(F)(F)F. The largest absolute Gasteiger partial charge is 0.534 e. The van der Waals surface area contributed by atoms with E-state index in [1.54, 1.807) is 12.3 Å². The molecule has 0 saturated heterocycles. The third-order valence-electron chi connectivity index (χ3n) is 5.19. The van der Waals surface area contributed by atoms with Gasteiger partial charge in [0.2, 0.25) is 0 Å². The molecule has 0 N–H and O–H groups in total. The van der Waals surface area contributed by atoms with E-state index in [9.17, 15) is 26.0 Å². The highest BCUT2D eigenvalue weighted by Gasteiger charge is 2.48. The minimum atomic E-state index is -5.90. The minimum Gasteiger partial charge on any atom is -0.374 e. The third kappa shape index (κ3) is 4.70. The summed E-state index contributed by atoms with van der Waals surface area (Å²) in [5.74, 6) is -1.51. The van der Waals surface area contributed by atoms with Crippen LogP contribution < -0.4 is 4.18 Å². The van der Waals surface area contributed by atoms with Crippen LogP contribution in [0, 0.1) is 0 Å². The van der Waals surface area contributed by atoms with E-state index in [1.165, 1.54) is 25.0 Å². The fourth-order valence-electron chi connectivity index (χ4n) is 3.42. The third-order valence-corrected chi connectivity index (χ3v) is 6.56. The molecular weight excluding hydrogens is 460 g/mol. The summed E-state index contributed by atoms with van der Waals surface area (Å²) < 4.78 is 79.0. The second-order valence-electron chi connectivity index (χ2n) is 7.42. The smallest absolute Gasteiger partial charge is 0.374 e. The van der Waals surface area contributed by atoms with Crippen LogP contribution in [0.3, 0.4) is 0 Å². The summed E-state index contributed by atoms with van der Waals surface area (Å²) >= 11 is 5.97. The van der Waals surface area contributed by atoms with Gasteiger partial charge in [0.05, 0.1) is 10.7 Å². The zero-order chi connectivity index (χ0) is 22.4. The van der Waals surface area contributed by atoms with Crippen LogP contribution in [0.15, 0.2) is 30.5 Å². The Morgan fingerprint density at radius 2 is 2.00 bits per heavy atom. The number of nitrogens with zero attached hydrogens (tertiary/aromatic N) is 2. The van der Waals surface area contributed by atoms with Gasteiger partial charge < -0.3 is 4.18 Å². The molecule has 0 radical (unpaired) electrons. The maximum absolute atomic E-state index is 14.8. The normalized spacial score (nSPS) is 18.0. The lowest BCUT2D eigenvalue weighted by Gasteiger charge is -2.28. The first-order valence-corrected chi connectivity index (χ1v) is 11.2. The molecule has 31 heavy (non-hydrogen) atoms. The van der Waals surface area contributed by atoms with Crippen molar-refractivity contribution in [2.24, 2.45) is 0 Å². The molecule has 1 aromatic heterocycles. The lowest BCUT2D eigenvalue weighted by molar-refractivity contribution is -0.0500. The summed E-state index contributed by atoms with van der Waals surface area (Å²) in [7, 11) is -5.90. The lowest BCUT2D eigenvalue weighted by Crippen LogP contribution is -2.32. The molecule has 166 valence electrons. The molecule has 0 atom stereocenters. The highest BCUT2D eigenvalue weighted by molar-refractivity contribution is 7.88. The van der Waals surface area contributed by atoms with E-state index in [2.05, 4.69) is 14.1 Å². The van der Waals surface area contributed by atoms with Crippen LogP contribution in [0.1, 0.15) is 35.2 Å². The number of aromatic nitrogens is 1. The Balaban J connectivity index is 1.58. The predicted molar refractivity (Wildman–Crippen MR) is 107 cm³/mol. The number of pyridine rings is 1. The molecule has 2 aliphatic rings.